The molecule has 2 aromatic rings. The van der Waals surface area contributed by atoms with Gasteiger partial charge in [0.15, 0.2) is 0 Å². The van der Waals surface area contributed by atoms with E-state index in [9.17, 15) is 9.18 Å². The maximum absolute atomic E-state index is 13.0. The van der Waals surface area contributed by atoms with Crippen molar-refractivity contribution in [1.82, 2.24) is 4.98 Å². The molecule has 0 spiro atoms. The average molecular weight is 403 g/mol. The van der Waals surface area contributed by atoms with Crippen LogP contribution < -0.4 is 10.6 Å². The third-order valence-electron chi connectivity index (χ3n) is 2.52. The number of pyridine rings is 1. The molecule has 0 radical (unpaired) electrons. The normalized spacial score (nSPS) is 10.2. The molecule has 7 heteroatoms. The molecule has 104 valence electrons. The van der Waals surface area contributed by atoms with Gasteiger partial charge in [-0.25, -0.2) is 9.37 Å². The van der Waals surface area contributed by atoms with Gasteiger partial charge < -0.3 is 10.6 Å². The zero-order valence-corrected chi connectivity index (χ0v) is 13.5. The molecule has 2 rings (SSSR count). The summed E-state index contributed by atoms with van der Waals surface area (Å²) in [5.41, 5.74) is 0.872. The van der Waals surface area contributed by atoms with E-state index in [4.69, 9.17) is 0 Å². The van der Waals surface area contributed by atoms with Crippen molar-refractivity contribution >= 4 is 49.3 Å². The first-order valence-electron chi connectivity index (χ1n) is 5.61. The highest BCUT2D eigenvalue weighted by Gasteiger charge is 2.14. The van der Waals surface area contributed by atoms with Crippen LogP contribution >= 0.6 is 31.9 Å². The zero-order valence-electron chi connectivity index (χ0n) is 10.4. The summed E-state index contributed by atoms with van der Waals surface area (Å²) in [6, 6.07) is 5.71. The predicted octanol–water partition coefficient (Wildman–Crippen LogP) is 4.04. The molecule has 1 aromatic heterocycles. The van der Waals surface area contributed by atoms with Gasteiger partial charge >= 0.3 is 0 Å². The highest BCUT2D eigenvalue weighted by Crippen LogP contribution is 2.25. The van der Waals surface area contributed by atoms with Gasteiger partial charge in [-0.05, 0) is 56.1 Å². The van der Waals surface area contributed by atoms with Crippen molar-refractivity contribution in [3.05, 3.63) is 50.8 Å². The largest absolute Gasteiger partial charge is 0.372 e. The van der Waals surface area contributed by atoms with E-state index >= 15 is 0 Å². The minimum absolute atomic E-state index is 0.338. The molecular weight excluding hydrogens is 393 g/mol. The Morgan fingerprint density at radius 1 is 1.30 bits per heavy atom. The van der Waals surface area contributed by atoms with Gasteiger partial charge in [-0.15, -0.1) is 0 Å². The van der Waals surface area contributed by atoms with Gasteiger partial charge in [0.25, 0.3) is 5.91 Å². The van der Waals surface area contributed by atoms with E-state index in [1.807, 2.05) is 0 Å². The van der Waals surface area contributed by atoms with Crippen molar-refractivity contribution in [3.8, 4) is 0 Å². The number of carbonyl (C=O) groups is 1. The number of hydrogen-bond acceptors (Lipinski definition) is 3. The van der Waals surface area contributed by atoms with E-state index in [-0.39, 0.29) is 11.7 Å². The molecule has 0 saturated heterocycles. The molecule has 2 N–H and O–H groups in total. The summed E-state index contributed by atoms with van der Waals surface area (Å²) < 4.78 is 14.2. The summed E-state index contributed by atoms with van der Waals surface area (Å²) in [7, 11) is 1.68. The SMILES string of the molecule is CNc1ncc(Br)cc1C(=O)Nc1ccc(F)cc1Br. The smallest absolute Gasteiger partial charge is 0.259 e. The van der Waals surface area contributed by atoms with Crippen LogP contribution in [0.2, 0.25) is 0 Å². The summed E-state index contributed by atoms with van der Waals surface area (Å²) in [5, 5.41) is 5.55. The lowest BCUT2D eigenvalue weighted by atomic mass is 10.2. The lowest BCUT2D eigenvalue weighted by Gasteiger charge is -2.10. The minimum Gasteiger partial charge on any atom is -0.372 e. The highest BCUT2D eigenvalue weighted by molar-refractivity contribution is 9.10. The summed E-state index contributed by atoms with van der Waals surface area (Å²) in [6.07, 6.45) is 1.59. The van der Waals surface area contributed by atoms with Crippen LogP contribution in [0.4, 0.5) is 15.9 Å². The molecule has 0 aliphatic heterocycles. The molecule has 0 aliphatic rings. The van der Waals surface area contributed by atoms with Crippen LogP contribution in [0.3, 0.4) is 0 Å². The number of amides is 1. The number of hydrogen-bond donors (Lipinski definition) is 2. The van der Waals surface area contributed by atoms with Gasteiger partial charge in [-0.2, -0.15) is 0 Å². The van der Waals surface area contributed by atoms with Crippen molar-refractivity contribution in [1.29, 1.82) is 0 Å². The van der Waals surface area contributed by atoms with Crippen molar-refractivity contribution in [2.24, 2.45) is 0 Å². The van der Waals surface area contributed by atoms with Crippen molar-refractivity contribution in [2.75, 3.05) is 17.7 Å². The first-order chi connectivity index (χ1) is 9.51. The van der Waals surface area contributed by atoms with Gasteiger partial charge in [-0.3, -0.25) is 4.79 Å². The number of anilines is 2. The lowest BCUT2D eigenvalue weighted by Crippen LogP contribution is -2.15. The maximum atomic E-state index is 13.0. The number of nitrogens with zero attached hydrogens (tertiary/aromatic N) is 1. The summed E-state index contributed by atoms with van der Waals surface area (Å²) in [4.78, 5) is 16.4. The second-order valence-corrected chi connectivity index (χ2v) is 5.65. The van der Waals surface area contributed by atoms with Crippen LogP contribution in [0.1, 0.15) is 10.4 Å². The quantitative estimate of drug-likeness (QED) is 0.814. The Kier molecular flexibility index (Phi) is 4.72. The Balaban J connectivity index is 2.30. The number of aromatic nitrogens is 1. The molecule has 1 heterocycles. The topological polar surface area (TPSA) is 54.0 Å². The van der Waals surface area contributed by atoms with E-state index in [2.05, 4.69) is 47.5 Å². The Labute approximate surface area is 132 Å². The van der Waals surface area contributed by atoms with E-state index in [1.54, 1.807) is 19.3 Å². The van der Waals surface area contributed by atoms with Crippen LogP contribution in [0, 0.1) is 5.82 Å². The molecule has 1 aromatic carbocycles. The lowest BCUT2D eigenvalue weighted by molar-refractivity contribution is 0.102. The van der Waals surface area contributed by atoms with Gasteiger partial charge in [0.2, 0.25) is 0 Å². The monoisotopic (exact) mass is 401 g/mol. The fraction of sp³-hybridized carbons (Fsp3) is 0.0769. The van der Waals surface area contributed by atoms with E-state index in [0.29, 0.717) is 26.0 Å². The van der Waals surface area contributed by atoms with Crippen LogP contribution in [-0.4, -0.2) is 17.9 Å². The molecule has 0 saturated carbocycles. The Morgan fingerprint density at radius 3 is 2.70 bits per heavy atom. The van der Waals surface area contributed by atoms with Crippen LogP contribution in [0.15, 0.2) is 39.4 Å². The molecule has 20 heavy (non-hydrogen) atoms. The first kappa shape index (κ1) is 14.9. The second kappa shape index (κ2) is 6.32. The molecule has 1 amide bonds. The Bertz CT molecular complexity index is 664. The van der Waals surface area contributed by atoms with Gasteiger partial charge in [0.05, 0.1) is 11.3 Å². The standard InChI is InChI=1S/C13H10Br2FN3O/c1-17-12-9(4-7(14)6-18-12)13(20)19-11-3-2-8(16)5-10(11)15/h2-6H,1H3,(H,17,18)(H,19,20). The molecule has 0 fully saturated rings. The molecule has 0 atom stereocenters. The minimum atomic E-state index is -0.380. The molecule has 4 nitrogen and oxygen atoms in total. The predicted molar refractivity (Wildman–Crippen MR) is 83.5 cm³/mol. The van der Waals surface area contributed by atoms with Gasteiger partial charge in [0, 0.05) is 22.2 Å². The third kappa shape index (κ3) is 3.34. The van der Waals surface area contributed by atoms with E-state index in [1.165, 1.54) is 18.2 Å². The van der Waals surface area contributed by atoms with E-state index < -0.39 is 0 Å². The summed E-state index contributed by atoms with van der Waals surface area (Å²) in [5.74, 6) is -0.255. The molecular formula is C13H10Br2FN3O. The average Bonchev–Trinajstić information content (AvgIpc) is 2.41. The molecule has 0 unspecified atom stereocenters. The molecule has 0 bridgehead atoms. The Hall–Kier alpha value is -1.47. The number of carbonyl (C=O) groups excluding carboxylic acids is 1. The summed E-state index contributed by atoms with van der Waals surface area (Å²) >= 11 is 6.48. The zero-order chi connectivity index (χ0) is 14.7. The van der Waals surface area contributed by atoms with Gasteiger partial charge in [-0.1, -0.05) is 0 Å². The number of nitrogens with one attached hydrogen (secondary N) is 2. The van der Waals surface area contributed by atoms with Crippen molar-refractivity contribution < 1.29 is 9.18 Å². The number of rotatable bonds is 3. The molecule has 0 aliphatic carbocycles. The van der Waals surface area contributed by atoms with Crippen molar-refractivity contribution in [3.63, 3.8) is 0 Å². The fourth-order valence-corrected chi connectivity index (χ4v) is 2.37. The fourth-order valence-electron chi connectivity index (χ4n) is 1.59. The van der Waals surface area contributed by atoms with Crippen LogP contribution in [0.25, 0.3) is 0 Å². The van der Waals surface area contributed by atoms with Crippen LogP contribution in [-0.2, 0) is 0 Å². The third-order valence-corrected chi connectivity index (χ3v) is 3.60. The number of halogens is 3. The van der Waals surface area contributed by atoms with E-state index in [0.717, 1.165) is 0 Å². The van der Waals surface area contributed by atoms with Crippen molar-refractivity contribution in [2.45, 2.75) is 0 Å². The first-order valence-corrected chi connectivity index (χ1v) is 7.19. The second-order valence-electron chi connectivity index (χ2n) is 3.88. The van der Waals surface area contributed by atoms with Crippen LogP contribution in [0.5, 0.6) is 0 Å². The summed E-state index contributed by atoms with van der Waals surface area (Å²) in [6.45, 7) is 0. The Morgan fingerprint density at radius 2 is 2.05 bits per heavy atom. The van der Waals surface area contributed by atoms with Gasteiger partial charge in [0.1, 0.15) is 11.6 Å². The maximum Gasteiger partial charge on any atom is 0.259 e. The highest BCUT2D eigenvalue weighted by atomic mass is 79.9. The number of benzene rings is 1.